The molecule has 0 saturated carbocycles. The van der Waals surface area contributed by atoms with Crippen LogP contribution < -0.4 is 5.32 Å². The number of pyridine rings is 1. The molecule has 1 atom stereocenters. The summed E-state index contributed by atoms with van der Waals surface area (Å²) in [7, 11) is 1.41. The van der Waals surface area contributed by atoms with E-state index in [9.17, 15) is 9.18 Å². The monoisotopic (exact) mass is 258 g/mol. The van der Waals surface area contributed by atoms with Crippen molar-refractivity contribution in [1.29, 1.82) is 0 Å². The smallest absolute Gasteiger partial charge is 0.407 e. The number of hydrogen-bond acceptors (Lipinski definition) is 3. The van der Waals surface area contributed by atoms with Gasteiger partial charge in [-0.3, -0.25) is 4.98 Å². The lowest BCUT2D eigenvalue weighted by molar-refractivity contribution is 0.0963. The third-order valence-electron chi connectivity index (χ3n) is 2.01. The molecule has 0 aliphatic carbocycles. The quantitative estimate of drug-likeness (QED) is 0.845. The first kappa shape index (κ1) is 13.4. The molecule has 0 saturated heterocycles. The first-order chi connectivity index (χ1) is 8.10. The molecule has 0 fully saturated rings. The van der Waals surface area contributed by atoms with Gasteiger partial charge in [-0.2, -0.15) is 0 Å². The molecule has 0 spiro atoms. The van der Waals surface area contributed by atoms with Crippen LogP contribution in [0.4, 0.5) is 9.18 Å². The highest BCUT2D eigenvalue weighted by molar-refractivity contribution is 6.30. The number of halogens is 2. The Morgan fingerprint density at radius 3 is 3.12 bits per heavy atom. The molecule has 1 rings (SSSR count). The second-order valence-corrected chi connectivity index (χ2v) is 3.57. The van der Waals surface area contributed by atoms with Crippen molar-refractivity contribution in [3.05, 3.63) is 41.5 Å². The molecule has 1 heterocycles. The number of carbonyl (C=O) groups excluding carboxylic acids is 1. The third kappa shape index (κ3) is 3.42. The maximum absolute atomic E-state index is 13.7. The number of ether oxygens (including phenoxy) is 1. The van der Waals surface area contributed by atoms with Crippen LogP contribution in [0.15, 0.2) is 24.9 Å². The maximum atomic E-state index is 13.7. The van der Waals surface area contributed by atoms with Gasteiger partial charge in [-0.25, -0.2) is 9.18 Å². The van der Waals surface area contributed by atoms with Crippen LogP contribution in [0.2, 0.25) is 5.02 Å². The highest BCUT2D eigenvalue weighted by Gasteiger charge is 2.21. The minimum atomic E-state index is -0.842. The number of carbonyl (C=O) groups is 1. The summed E-state index contributed by atoms with van der Waals surface area (Å²) in [6, 6.07) is 1.32. The summed E-state index contributed by atoms with van der Waals surface area (Å²) in [5.41, 5.74) is -0.0130. The fourth-order valence-electron chi connectivity index (χ4n) is 1.21. The average molecular weight is 259 g/mol. The number of nitrogens with zero attached hydrogens (tertiary/aromatic N) is 1. The van der Waals surface area contributed by atoms with Crippen molar-refractivity contribution in [2.75, 3.05) is 7.05 Å². The summed E-state index contributed by atoms with van der Waals surface area (Å²) in [6.07, 6.45) is 1.60. The van der Waals surface area contributed by atoms with Gasteiger partial charge in [0.05, 0.1) is 5.02 Å². The summed E-state index contributed by atoms with van der Waals surface area (Å²) in [5.74, 6) is -0.690. The van der Waals surface area contributed by atoms with Crippen molar-refractivity contribution in [3.63, 3.8) is 0 Å². The van der Waals surface area contributed by atoms with Crippen molar-refractivity contribution >= 4 is 17.7 Å². The molecule has 92 valence electrons. The molecular weight excluding hydrogens is 247 g/mol. The Morgan fingerprint density at radius 2 is 2.53 bits per heavy atom. The summed E-state index contributed by atoms with van der Waals surface area (Å²) in [6.45, 7) is 3.52. The van der Waals surface area contributed by atoms with Crippen LogP contribution in [-0.4, -0.2) is 18.1 Å². The number of nitrogens with one attached hydrogen (secondary N) is 1. The lowest BCUT2D eigenvalue weighted by Crippen LogP contribution is -2.22. The minimum Gasteiger partial charge on any atom is -0.439 e. The Morgan fingerprint density at radius 1 is 1.82 bits per heavy atom. The van der Waals surface area contributed by atoms with Crippen LogP contribution in [0.3, 0.4) is 0 Å². The van der Waals surface area contributed by atoms with Crippen LogP contribution in [0.25, 0.3) is 0 Å². The zero-order chi connectivity index (χ0) is 12.8. The maximum Gasteiger partial charge on any atom is 0.407 e. The van der Waals surface area contributed by atoms with Gasteiger partial charge in [0.25, 0.3) is 0 Å². The molecule has 0 radical (unpaired) electrons. The van der Waals surface area contributed by atoms with Crippen molar-refractivity contribution in [2.24, 2.45) is 0 Å². The SMILES string of the molecule is C=CCC(OC(=O)NC)c1nccc(Cl)c1F. The van der Waals surface area contributed by atoms with E-state index in [2.05, 4.69) is 16.9 Å². The lowest BCUT2D eigenvalue weighted by Gasteiger charge is -2.16. The number of rotatable bonds is 4. The first-order valence-corrected chi connectivity index (χ1v) is 5.27. The van der Waals surface area contributed by atoms with Gasteiger partial charge in [-0.15, -0.1) is 6.58 Å². The average Bonchev–Trinajstić information content (AvgIpc) is 2.32. The van der Waals surface area contributed by atoms with Gasteiger partial charge in [-0.05, 0) is 6.07 Å². The second kappa shape index (κ2) is 6.20. The fourth-order valence-corrected chi connectivity index (χ4v) is 1.37. The zero-order valence-corrected chi connectivity index (χ0v) is 10.00. The summed E-state index contributed by atoms with van der Waals surface area (Å²) < 4.78 is 18.7. The second-order valence-electron chi connectivity index (χ2n) is 3.16. The van der Waals surface area contributed by atoms with Crippen LogP contribution in [-0.2, 0) is 4.74 Å². The summed E-state index contributed by atoms with van der Waals surface area (Å²) >= 11 is 5.63. The predicted octanol–water partition coefficient (Wildman–Crippen LogP) is 2.85. The highest BCUT2D eigenvalue weighted by Crippen LogP contribution is 2.26. The van der Waals surface area contributed by atoms with E-state index in [0.29, 0.717) is 0 Å². The Hall–Kier alpha value is -1.62. The number of alkyl carbamates (subject to hydrolysis) is 1. The molecule has 1 aromatic rings. The fraction of sp³-hybridized carbons (Fsp3) is 0.273. The third-order valence-corrected chi connectivity index (χ3v) is 2.30. The molecule has 1 unspecified atom stereocenters. The van der Waals surface area contributed by atoms with E-state index >= 15 is 0 Å². The van der Waals surface area contributed by atoms with Gasteiger partial charge in [-0.1, -0.05) is 17.7 Å². The van der Waals surface area contributed by atoms with E-state index in [4.69, 9.17) is 16.3 Å². The first-order valence-electron chi connectivity index (χ1n) is 4.89. The highest BCUT2D eigenvalue weighted by atomic mass is 35.5. The Bertz CT molecular complexity index is 426. The predicted molar refractivity (Wildman–Crippen MR) is 62.3 cm³/mol. The zero-order valence-electron chi connectivity index (χ0n) is 9.24. The molecule has 0 aliphatic rings. The molecule has 4 nitrogen and oxygen atoms in total. The topological polar surface area (TPSA) is 51.2 Å². The standard InChI is InChI=1S/C11H12ClFN2O2/c1-3-4-8(17-11(16)14-2)10-9(13)7(12)5-6-15-10/h3,5-6,8H,1,4H2,2H3,(H,14,16). The van der Waals surface area contributed by atoms with Gasteiger partial charge in [0.15, 0.2) is 11.9 Å². The van der Waals surface area contributed by atoms with Crippen molar-refractivity contribution < 1.29 is 13.9 Å². The van der Waals surface area contributed by atoms with Crippen LogP contribution in [0.1, 0.15) is 18.2 Å². The summed E-state index contributed by atoms with van der Waals surface area (Å²) in [4.78, 5) is 14.9. The van der Waals surface area contributed by atoms with E-state index in [1.54, 1.807) is 0 Å². The minimum absolute atomic E-state index is 0.0130. The molecule has 1 amide bonds. The Labute approximate surface area is 103 Å². The molecule has 6 heteroatoms. The molecular formula is C11H12ClFN2O2. The Balaban J connectivity index is 3.00. The van der Waals surface area contributed by atoms with Gasteiger partial charge in [0.2, 0.25) is 0 Å². The van der Waals surface area contributed by atoms with Gasteiger partial charge < -0.3 is 10.1 Å². The number of amides is 1. The molecule has 0 aromatic carbocycles. The normalized spacial score (nSPS) is 11.7. The molecule has 0 bridgehead atoms. The number of hydrogen-bond donors (Lipinski definition) is 1. The van der Waals surface area contributed by atoms with E-state index in [-0.39, 0.29) is 17.1 Å². The van der Waals surface area contributed by atoms with Crippen molar-refractivity contribution in [2.45, 2.75) is 12.5 Å². The van der Waals surface area contributed by atoms with Crippen molar-refractivity contribution in [1.82, 2.24) is 10.3 Å². The van der Waals surface area contributed by atoms with Crippen molar-refractivity contribution in [3.8, 4) is 0 Å². The molecule has 1 aromatic heterocycles. The van der Waals surface area contributed by atoms with Gasteiger partial charge in [0, 0.05) is 19.7 Å². The van der Waals surface area contributed by atoms with Crippen LogP contribution >= 0.6 is 11.6 Å². The molecule has 1 N–H and O–H groups in total. The summed E-state index contributed by atoms with van der Waals surface area (Å²) in [5, 5.41) is 2.21. The van der Waals surface area contributed by atoms with Gasteiger partial charge >= 0.3 is 6.09 Å². The number of aromatic nitrogens is 1. The largest absolute Gasteiger partial charge is 0.439 e. The Kier molecular flexibility index (Phi) is 4.90. The molecule has 17 heavy (non-hydrogen) atoms. The molecule has 0 aliphatic heterocycles. The van der Waals surface area contributed by atoms with Gasteiger partial charge in [0.1, 0.15) is 5.69 Å². The van der Waals surface area contributed by atoms with Crippen LogP contribution in [0, 0.1) is 5.82 Å². The van der Waals surface area contributed by atoms with E-state index in [0.717, 1.165) is 0 Å². The van der Waals surface area contributed by atoms with E-state index in [1.165, 1.54) is 25.4 Å². The lowest BCUT2D eigenvalue weighted by atomic mass is 10.1. The van der Waals surface area contributed by atoms with E-state index < -0.39 is 18.0 Å². The van der Waals surface area contributed by atoms with E-state index in [1.807, 2.05) is 0 Å². The van der Waals surface area contributed by atoms with Crippen LogP contribution in [0.5, 0.6) is 0 Å².